The number of carbonyl (C=O) groups is 1. The summed E-state index contributed by atoms with van der Waals surface area (Å²) in [5, 5.41) is 21.5. The molecule has 0 fully saturated rings. The maximum absolute atomic E-state index is 12.3. The molecule has 1 rings (SSSR count). The molecule has 0 heterocycles. The van der Waals surface area contributed by atoms with Gasteiger partial charge in [-0.15, -0.1) is 0 Å². The van der Waals surface area contributed by atoms with Gasteiger partial charge in [-0.1, -0.05) is 6.07 Å². The summed E-state index contributed by atoms with van der Waals surface area (Å²) in [6, 6.07) is 4.77. The smallest absolute Gasteiger partial charge is 0.404 e. The molecule has 0 aromatic heterocycles. The number of nitrogens with zero attached hydrogens (tertiary/aromatic N) is 1. The summed E-state index contributed by atoms with van der Waals surface area (Å²) in [6.07, 6.45) is -5.21. The summed E-state index contributed by atoms with van der Waals surface area (Å²) in [6.45, 7) is 0.779. The minimum Gasteiger partial charge on any atom is -0.868 e. The van der Waals surface area contributed by atoms with Crippen molar-refractivity contribution >= 4 is 17.2 Å². The highest BCUT2D eigenvalue weighted by atomic mass is 19.4. The van der Waals surface area contributed by atoms with Crippen LogP contribution in [0.25, 0.3) is 0 Å². The second-order valence-corrected chi connectivity index (χ2v) is 3.82. The molecule has 2 N–H and O–H groups in total. The molecular weight excluding hydrogens is 295 g/mol. The maximum atomic E-state index is 12.3. The number of benzene rings is 1. The Labute approximate surface area is 116 Å². The van der Waals surface area contributed by atoms with Crippen molar-refractivity contribution in [3.63, 3.8) is 0 Å². The Balaban J connectivity index is 2.96. The number of anilines is 1. The average molecular weight is 304 g/mol. The van der Waals surface area contributed by atoms with Gasteiger partial charge in [0.15, 0.2) is 5.78 Å². The Hall–Kier alpha value is -2.78. The minimum atomic E-state index is -5.21. The van der Waals surface area contributed by atoms with Gasteiger partial charge in [-0.3, -0.25) is 20.3 Å². The van der Waals surface area contributed by atoms with E-state index in [1.807, 2.05) is 5.43 Å². The summed E-state index contributed by atoms with van der Waals surface area (Å²) >= 11 is 0. The van der Waals surface area contributed by atoms with Gasteiger partial charge in [0.2, 0.25) is 0 Å². The standard InChI is InChI=1S/C11H10F3N3O4/c1-6(18)9(10(19)11(12,13)14)16-15-7-3-2-4-8(5-7)17(20)21/h2-5,15-16,19H,1H3/p-1. The Kier molecular flexibility index (Phi) is 4.74. The highest BCUT2D eigenvalue weighted by molar-refractivity contribution is 5.93. The van der Waals surface area contributed by atoms with Gasteiger partial charge in [0.1, 0.15) is 0 Å². The molecule has 0 aliphatic heterocycles. The van der Waals surface area contributed by atoms with Crippen molar-refractivity contribution in [3.8, 4) is 0 Å². The first-order chi connectivity index (χ1) is 9.62. The zero-order valence-corrected chi connectivity index (χ0v) is 10.5. The molecule has 0 unspecified atom stereocenters. The van der Waals surface area contributed by atoms with Gasteiger partial charge < -0.3 is 10.5 Å². The molecule has 0 atom stereocenters. The average Bonchev–Trinajstić information content (AvgIpc) is 2.37. The molecule has 0 saturated carbocycles. The number of rotatable bonds is 5. The van der Waals surface area contributed by atoms with Gasteiger partial charge in [0.05, 0.1) is 16.3 Å². The van der Waals surface area contributed by atoms with Crippen molar-refractivity contribution in [1.29, 1.82) is 0 Å². The van der Waals surface area contributed by atoms with Crippen molar-refractivity contribution in [2.45, 2.75) is 13.1 Å². The third kappa shape index (κ3) is 4.37. The quantitative estimate of drug-likeness (QED) is 0.367. The van der Waals surface area contributed by atoms with Crippen LogP contribution in [0.5, 0.6) is 0 Å². The normalized spacial score (nSPS) is 12.4. The number of nitrogens with one attached hydrogen (secondary N) is 2. The molecule has 1 aromatic carbocycles. The van der Waals surface area contributed by atoms with Crippen molar-refractivity contribution < 1.29 is 28.0 Å². The highest BCUT2D eigenvalue weighted by Crippen LogP contribution is 2.23. The zero-order chi connectivity index (χ0) is 16.2. The number of Topliss-reactive ketones (excluding diaryl/α,β-unsaturated/α-hetero) is 1. The van der Waals surface area contributed by atoms with E-state index in [9.17, 15) is 33.2 Å². The molecule has 0 bridgehead atoms. The molecule has 0 spiro atoms. The van der Waals surface area contributed by atoms with E-state index in [2.05, 4.69) is 5.43 Å². The fourth-order valence-corrected chi connectivity index (χ4v) is 1.28. The summed E-state index contributed by atoms with van der Waals surface area (Å²) in [4.78, 5) is 20.9. The summed E-state index contributed by atoms with van der Waals surface area (Å²) < 4.78 is 36.8. The summed E-state index contributed by atoms with van der Waals surface area (Å²) in [5.74, 6) is -3.47. The number of carbonyl (C=O) groups excluding carboxylic acids is 1. The number of hydrogen-bond donors (Lipinski definition) is 2. The van der Waals surface area contributed by atoms with E-state index in [4.69, 9.17) is 0 Å². The lowest BCUT2D eigenvalue weighted by Gasteiger charge is -2.21. The van der Waals surface area contributed by atoms with Crippen LogP contribution in [0, 0.1) is 10.1 Å². The minimum absolute atomic E-state index is 0.0120. The second kappa shape index (κ2) is 6.11. The Morgan fingerprint density at radius 3 is 2.43 bits per heavy atom. The lowest BCUT2D eigenvalue weighted by molar-refractivity contribution is -0.384. The maximum Gasteiger partial charge on any atom is 0.404 e. The highest BCUT2D eigenvalue weighted by Gasteiger charge is 2.30. The fourth-order valence-electron chi connectivity index (χ4n) is 1.28. The number of ketones is 1. The molecule has 0 aliphatic carbocycles. The summed E-state index contributed by atoms with van der Waals surface area (Å²) in [5.41, 5.74) is 2.46. The van der Waals surface area contributed by atoms with Gasteiger partial charge >= 0.3 is 6.18 Å². The topological polar surface area (TPSA) is 107 Å². The molecule has 10 heteroatoms. The van der Waals surface area contributed by atoms with Gasteiger partial charge in [0, 0.05) is 24.8 Å². The fraction of sp³-hybridized carbons (Fsp3) is 0.182. The Morgan fingerprint density at radius 1 is 1.33 bits per heavy atom. The lowest BCUT2D eigenvalue weighted by atomic mass is 10.2. The summed E-state index contributed by atoms with van der Waals surface area (Å²) in [7, 11) is 0. The van der Waals surface area contributed by atoms with E-state index in [0.29, 0.717) is 0 Å². The van der Waals surface area contributed by atoms with Crippen molar-refractivity contribution in [2.24, 2.45) is 0 Å². The molecular formula is C11H9F3N3O4-. The number of nitro benzene ring substituents is 1. The Bertz CT molecular complexity index is 599. The molecule has 0 radical (unpaired) electrons. The van der Waals surface area contributed by atoms with Crippen LogP contribution in [0.15, 0.2) is 35.7 Å². The largest absolute Gasteiger partial charge is 0.868 e. The van der Waals surface area contributed by atoms with E-state index in [-0.39, 0.29) is 11.4 Å². The van der Waals surface area contributed by atoms with E-state index >= 15 is 0 Å². The predicted octanol–water partition coefficient (Wildman–Crippen LogP) is 1.23. The van der Waals surface area contributed by atoms with Gasteiger partial charge in [-0.25, -0.2) is 0 Å². The van der Waals surface area contributed by atoms with E-state index in [0.717, 1.165) is 13.0 Å². The number of hydrogen-bond acceptors (Lipinski definition) is 6. The molecule has 7 nitrogen and oxygen atoms in total. The number of allylic oxidation sites excluding steroid dienone is 2. The van der Waals surface area contributed by atoms with Crippen LogP contribution in [0.4, 0.5) is 24.5 Å². The van der Waals surface area contributed by atoms with Crippen LogP contribution in [0.3, 0.4) is 0 Å². The van der Waals surface area contributed by atoms with Gasteiger partial charge in [-0.05, 0) is 6.07 Å². The number of hydrazine groups is 1. The molecule has 21 heavy (non-hydrogen) atoms. The van der Waals surface area contributed by atoms with Gasteiger partial charge in [0.25, 0.3) is 5.69 Å². The van der Waals surface area contributed by atoms with Crippen LogP contribution >= 0.6 is 0 Å². The van der Waals surface area contributed by atoms with Crippen LogP contribution < -0.4 is 16.0 Å². The molecule has 0 saturated heterocycles. The monoisotopic (exact) mass is 304 g/mol. The third-order valence-corrected chi connectivity index (χ3v) is 2.23. The number of nitro groups is 1. The predicted molar refractivity (Wildman–Crippen MR) is 63.6 cm³/mol. The first-order valence-corrected chi connectivity index (χ1v) is 5.39. The molecule has 0 amide bonds. The van der Waals surface area contributed by atoms with Crippen molar-refractivity contribution in [2.75, 3.05) is 5.43 Å². The van der Waals surface area contributed by atoms with Crippen molar-refractivity contribution in [1.82, 2.24) is 5.43 Å². The van der Waals surface area contributed by atoms with Crippen LogP contribution in [-0.2, 0) is 4.79 Å². The third-order valence-electron chi connectivity index (χ3n) is 2.23. The van der Waals surface area contributed by atoms with Crippen LogP contribution in [-0.4, -0.2) is 16.9 Å². The van der Waals surface area contributed by atoms with Crippen molar-refractivity contribution in [3.05, 3.63) is 45.8 Å². The molecule has 0 aliphatic rings. The second-order valence-electron chi connectivity index (χ2n) is 3.82. The Morgan fingerprint density at radius 2 is 1.95 bits per heavy atom. The number of alkyl halides is 3. The zero-order valence-electron chi connectivity index (χ0n) is 10.5. The van der Waals surface area contributed by atoms with Crippen LogP contribution in [0.2, 0.25) is 0 Å². The first-order valence-electron chi connectivity index (χ1n) is 5.39. The SMILES string of the molecule is CC(=O)C(NNc1cccc([N+](=O)[O-])c1)=C([O-])C(F)(F)F. The van der Waals surface area contributed by atoms with Gasteiger partial charge in [-0.2, -0.15) is 13.2 Å². The number of halogens is 3. The van der Waals surface area contributed by atoms with Crippen LogP contribution in [0.1, 0.15) is 6.92 Å². The molecule has 1 aromatic rings. The molecule has 114 valence electrons. The van der Waals surface area contributed by atoms with E-state index in [1.54, 1.807) is 0 Å². The lowest BCUT2D eigenvalue weighted by Crippen LogP contribution is -2.35. The first kappa shape index (κ1) is 16.3. The van der Waals surface area contributed by atoms with E-state index in [1.165, 1.54) is 18.2 Å². The number of non-ortho nitro benzene ring substituents is 1. The van der Waals surface area contributed by atoms with E-state index < -0.39 is 28.3 Å².